The fraction of sp³-hybridized carbons (Fsp3) is 0.929. The van der Waals surface area contributed by atoms with E-state index in [2.05, 4.69) is 0 Å². The predicted octanol–water partition coefficient (Wildman–Crippen LogP) is 2.57. The van der Waals surface area contributed by atoms with Crippen LogP contribution in [-0.2, 0) is 4.79 Å². The van der Waals surface area contributed by atoms with Gasteiger partial charge in [-0.1, -0.05) is 19.3 Å². The maximum Gasteiger partial charge on any atom is 0.222 e. The standard InChI is InChI=1S/C14H26N2O.ClH/c1-16(10-11-5-2-3-6-11)14(17)9-12-7-4-8-13(12)15;/h11-13H,2-10,15H2,1H3;1H/t12-,13+;/m0./s1. The summed E-state index contributed by atoms with van der Waals surface area (Å²) in [6, 6.07) is 0.263. The molecule has 1 amide bonds. The van der Waals surface area contributed by atoms with Gasteiger partial charge in [0.2, 0.25) is 5.91 Å². The van der Waals surface area contributed by atoms with Crippen molar-refractivity contribution < 1.29 is 4.79 Å². The third kappa shape index (κ3) is 4.13. The second kappa shape index (κ2) is 7.34. The molecule has 0 saturated heterocycles. The Hall–Kier alpha value is -0.280. The Bertz CT molecular complexity index is 267. The molecule has 4 heteroatoms. The van der Waals surface area contributed by atoms with Crippen LogP contribution < -0.4 is 5.73 Å². The van der Waals surface area contributed by atoms with Crippen LogP contribution in [0.25, 0.3) is 0 Å². The van der Waals surface area contributed by atoms with Crippen molar-refractivity contribution in [3.63, 3.8) is 0 Å². The number of hydrogen-bond acceptors (Lipinski definition) is 2. The summed E-state index contributed by atoms with van der Waals surface area (Å²) in [5.74, 6) is 1.49. The van der Waals surface area contributed by atoms with Gasteiger partial charge in [-0.15, -0.1) is 12.4 Å². The van der Waals surface area contributed by atoms with Crippen molar-refractivity contribution in [1.29, 1.82) is 0 Å². The molecule has 0 radical (unpaired) electrons. The van der Waals surface area contributed by atoms with E-state index in [1.54, 1.807) is 0 Å². The third-order valence-electron chi connectivity index (χ3n) is 4.59. The number of amides is 1. The Balaban J connectivity index is 0.00000162. The Morgan fingerprint density at radius 3 is 2.39 bits per heavy atom. The lowest BCUT2D eigenvalue weighted by Gasteiger charge is -2.23. The van der Waals surface area contributed by atoms with Gasteiger partial charge in [0.25, 0.3) is 0 Å². The number of rotatable bonds is 4. The van der Waals surface area contributed by atoms with E-state index in [1.807, 2.05) is 11.9 Å². The fourth-order valence-corrected chi connectivity index (χ4v) is 3.38. The Kier molecular flexibility index (Phi) is 6.44. The van der Waals surface area contributed by atoms with E-state index >= 15 is 0 Å². The van der Waals surface area contributed by atoms with Gasteiger partial charge in [0.05, 0.1) is 0 Å². The normalized spacial score (nSPS) is 28.1. The molecule has 106 valence electrons. The van der Waals surface area contributed by atoms with E-state index in [0.717, 1.165) is 25.3 Å². The van der Waals surface area contributed by atoms with Crippen molar-refractivity contribution in [2.75, 3.05) is 13.6 Å². The topological polar surface area (TPSA) is 46.3 Å². The summed E-state index contributed by atoms with van der Waals surface area (Å²) in [6.07, 6.45) is 9.42. The van der Waals surface area contributed by atoms with Gasteiger partial charge in [-0.05, 0) is 37.5 Å². The van der Waals surface area contributed by atoms with Crippen molar-refractivity contribution in [2.45, 2.75) is 57.4 Å². The lowest BCUT2D eigenvalue weighted by Crippen LogP contribution is -2.35. The molecular formula is C14H27ClN2O. The molecule has 2 atom stereocenters. The smallest absolute Gasteiger partial charge is 0.222 e. The van der Waals surface area contributed by atoms with Gasteiger partial charge in [-0.25, -0.2) is 0 Å². The van der Waals surface area contributed by atoms with E-state index in [0.29, 0.717) is 18.2 Å². The highest BCUT2D eigenvalue weighted by molar-refractivity contribution is 5.85. The van der Waals surface area contributed by atoms with Crippen LogP contribution in [0.3, 0.4) is 0 Å². The van der Waals surface area contributed by atoms with Crippen LogP contribution >= 0.6 is 12.4 Å². The summed E-state index contributed by atoms with van der Waals surface area (Å²) in [5, 5.41) is 0. The molecule has 0 unspecified atom stereocenters. The second-order valence-corrected chi connectivity index (χ2v) is 5.98. The number of halogens is 1. The summed E-state index contributed by atoms with van der Waals surface area (Å²) in [7, 11) is 1.96. The second-order valence-electron chi connectivity index (χ2n) is 5.98. The number of nitrogens with two attached hydrogens (primary N) is 1. The highest BCUT2D eigenvalue weighted by atomic mass is 35.5. The van der Waals surface area contributed by atoms with Crippen LogP contribution in [0, 0.1) is 11.8 Å². The zero-order valence-electron chi connectivity index (χ0n) is 11.4. The van der Waals surface area contributed by atoms with Gasteiger partial charge in [-0.3, -0.25) is 4.79 Å². The first-order valence-electron chi connectivity index (χ1n) is 7.16. The largest absolute Gasteiger partial charge is 0.345 e. The van der Waals surface area contributed by atoms with Gasteiger partial charge < -0.3 is 10.6 Å². The average Bonchev–Trinajstić information content (AvgIpc) is 2.91. The minimum atomic E-state index is 0. The lowest BCUT2D eigenvalue weighted by molar-refractivity contribution is -0.131. The number of carbonyl (C=O) groups excluding carboxylic acids is 1. The molecule has 0 aliphatic heterocycles. The first-order valence-corrected chi connectivity index (χ1v) is 7.16. The molecule has 18 heavy (non-hydrogen) atoms. The predicted molar refractivity (Wildman–Crippen MR) is 76.8 cm³/mol. The van der Waals surface area contributed by atoms with Crippen molar-refractivity contribution in [3.05, 3.63) is 0 Å². The summed E-state index contributed by atoms with van der Waals surface area (Å²) >= 11 is 0. The zero-order chi connectivity index (χ0) is 12.3. The molecule has 2 rings (SSSR count). The number of hydrogen-bond donors (Lipinski definition) is 1. The van der Waals surface area contributed by atoms with Crippen molar-refractivity contribution >= 4 is 18.3 Å². The number of nitrogens with zero attached hydrogens (tertiary/aromatic N) is 1. The summed E-state index contributed by atoms with van der Waals surface area (Å²) in [4.78, 5) is 14.0. The average molecular weight is 275 g/mol. The maximum atomic E-state index is 12.1. The molecule has 2 aliphatic rings. The third-order valence-corrected chi connectivity index (χ3v) is 4.59. The minimum absolute atomic E-state index is 0. The van der Waals surface area contributed by atoms with Crippen molar-refractivity contribution in [2.24, 2.45) is 17.6 Å². The summed E-state index contributed by atoms with van der Waals surface area (Å²) in [5.41, 5.74) is 6.02. The fourth-order valence-electron chi connectivity index (χ4n) is 3.38. The van der Waals surface area contributed by atoms with Gasteiger partial charge >= 0.3 is 0 Å². The molecule has 0 aromatic carbocycles. The quantitative estimate of drug-likeness (QED) is 0.856. The summed E-state index contributed by atoms with van der Waals surface area (Å²) in [6.45, 7) is 0.959. The van der Waals surface area contributed by atoms with Crippen LogP contribution in [0.4, 0.5) is 0 Å². The molecular weight excluding hydrogens is 248 g/mol. The van der Waals surface area contributed by atoms with Gasteiger partial charge in [-0.2, -0.15) is 0 Å². The van der Waals surface area contributed by atoms with Crippen LogP contribution in [0.2, 0.25) is 0 Å². The molecule has 2 aliphatic carbocycles. The van der Waals surface area contributed by atoms with E-state index in [-0.39, 0.29) is 18.4 Å². The Morgan fingerprint density at radius 1 is 1.17 bits per heavy atom. The summed E-state index contributed by atoms with van der Waals surface area (Å²) < 4.78 is 0. The zero-order valence-corrected chi connectivity index (χ0v) is 12.3. The van der Waals surface area contributed by atoms with E-state index in [1.165, 1.54) is 32.1 Å². The molecule has 2 fully saturated rings. The molecule has 0 heterocycles. The van der Waals surface area contributed by atoms with Crippen LogP contribution in [0.5, 0.6) is 0 Å². The molecule has 0 bridgehead atoms. The maximum absolute atomic E-state index is 12.1. The number of carbonyl (C=O) groups is 1. The Morgan fingerprint density at radius 2 is 1.83 bits per heavy atom. The molecule has 0 spiro atoms. The molecule has 0 aromatic rings. The van der Waals surface area contributed by atoms with Crippen LogP contribution in [0.1, 0.15) is 51.4 Å². The first kappa shape index (κ1) is 15.8. The van der Waals surface area contributed by atoms with Gasteiger partial charge in [0, 0.05) is 26.1 Å². The van der Waals surface area contributed by atoms with Gasteiger partial charge in [0.1, 0.15) is 0 Å². The highest BCUT2D eigenvalue weighted by Gasteiger charge is 2.28. The van der Waals surface area contributed by atoms with E-state index in [4.69, 9.17) is 5.73 Å². The Labute approximate surface area is 117 Å². The highest BCUT2D eigenvalue weighted by Crippen LogP contribution is 2.28. The van der Waals surface area contributed by atoms with Crippen molar-refractivity contribution in [3.8, 4) is 0 Å². The molecule has 2 saturated carbocycles. The van der Waals surface area contributed by atoms with E-state index < -0.39 is 0 Å². The van der Waals surface area contributed by atoms with Crippen LogP contribution in [-0.4, -0.2) is 30.4 Å². The molecule has 2 N–H and O–H groups in total. The molecule has 0 aromatic heterocycles. The minimum Gasteiger partial charge on any atom is -0.345 e. The molecule has 3 nitrogen and oxygen atoms in total. The van der Waals surface area contributed by atoms with Gasteiger partial charge in [0.15, 0.2) is 0 Å². The van der Waals surface area contributed by atoms with Crippen molar-refractivity contribution in [1.82, 2.24) is 4.90 Å². The SMILES string of the molecule is CN(CC1CCCC1)C(=O)C[C@@H]1CCC[C@H]1N.Cl. The van der Waals surface area contributed by atoms with Crippen LogP contribution in [0.15, 0.2) is 0 Å². The monoisotopic (exact) mass is 274 g/mol. The lowest BCUT2D eigenvalue weighted by atomic mass is 9.99. The van der Waals surface area contributed by atoms with E-state index in [9.17, 15) is 4.79 Å². The first-order chi connectivity index (χ1) is 8.16.